The third-order valence-electron chi connectivity index (χ3n) is 3.09. The summed E-state index contributed by atoms with van der Waals surface area (Å²) in [5.74, 6) is 0. The summed E-state index contributed by atoms with van der Waals surface area (Å²) in [5.41, 5.74) is -1.85. The van der Waals surface area contributed by atoms with Gasteiger partial charge in [-0.05, 0) is 0 Å². The first-order chi connectivity index (χ1) is 9.43. The van der Waals surface area contributed by atoms with E-state index in [0.29, 0.717) is 0 Å². The second kappa shape index (κ2) is 5.18. The molecule has 0 amide bonds. The Morgan fingerprint density at radius 3 is 2.90 bits per heavy atom. The minimum atomic E-state index is -2.50. The summed E-state index contributed by atoms with van der Waals surface area (Å²) in [6.07, 6.45) is -2.59. The van der Waals surface area contributed by atoms with E-state index in [1.54, 1.807) is 0 Å². The van der Waals surface area contributed by atoms with Crippen molar-refractivity contribution in [2.75, 3.05) is 6.61 Å². The summed E-state index contributed by atoms with van der Waals surface area (Å²) in [6.45, 7) is 2.59. The lowest BCUT2D eigenvalue weighted by atomic mass is 9.96. The molecule has 8 heteroatoms. The maximum atomic E-state index is 14.9. The Hall–Kier alpha value is -1.99. The van der Waals surface area contributed by atoms with Crippen LogP contribution in [0.15, 0.2) is 40.2 Å². The summed E-state index contributed by atoms with van der Waals surface area (Å²) in [6, 6.07) is 1.02. The molecule has 0 aromatic carbocycles. The van der Waals surface area contributed by atoms with Gasteiger partial charge in [-0.1, -0.05) is 6.58 Å². The molecule has 0 bridgehead atoms. The number of aliphatic hydroxyl groups excluding tert-OH is 2. The summed E-state index contributed by atoms with van der Waals surface area (Å²) in [7, 11) is 0. The zero-order valence-electron chi connectivity index (χ0n) is 10.3. The highest BCUT2D eigenvalue weighted by molar-refractivity contribution is 5.14. The molecule has 108 valence electrons. The fourth-order valence-electron chi connectivity index (χ4n) is 2.12. The molecule has 3 N–H and O–H groups in total. The molecular weight excluding hydrogens is 271 g/mol. The number of rotatable bonds is 3. The molecule has 0 radical (unpaired) electrons. The third kappa shape index (κ3) is 2.14. The van der Waals surface area contributed by atoms with Crippen molar-refractivity contribution < 1.29 is 19.3 Å². The Kier molecular flexibility index (Phi) is 3.74. The molecule has 4 atom stereocenters. The monoisotopic (exact) mass is 284 g/mol. The van der Waals surface area contributed by atoms with E-state index in [-0.39, 0.29) is 0 Å². The van der Waals surface area contributed by atoms with E-state index in [9.17, 15) is 19.1 Å². The van der Waals surface area contributed by atoms with Crippen LogP contribution in [0.2, 0.25) is 0 Å². The highest BCUT2D eigenvalue weighted by Gasteiger charge is 2.57. The molecule has 1 aliphatic heterocycles. The first-order valence-electron chi connectivity index (χ1n) is 5.75. The van der Waals surface area contributed by atoms with E-state index in [1.807, 2.05) is 4.98 Å². The summed E-state index contributed by atoms with van der Waals surface area (Å²) in [5, 5.41) is 18.9. The normalized spacial score (nSPS) is 32.9. The summed E-state index contributed by atoms with van der Waals surface area (Å²) < 4.78 is 20.8. The minimum Gasteiger partial charge on any atom is -0.394 e. The molecule has 1 aromatic heterocycles. The standard InChI is InChI=1S/C12H13FN2O5/c1-2-4-12(13)9(18)7(6-16)20-10(12)15-5-3-8(17)14-11(15)19/h3-5,7,9-10,16,18H,1,6H2,(H,14,17,19). The number of hydrogen-bond donors (Lipinski definition) is 3. The van der Waals surface area contributed by atoms with Crippen molar-refractivity contribution in [1.82, 2.24) is 9.55 Å². The predicted molar refractivity (Wildman–Crippen MR) is 65.9 cm³/mol. The van der Waals surface area contributed by atoms with Gasteiger partial charge in [0.1, 0.15) is 12.2 Å². The van der Waals surface area contributed by atoms with Gasteiger partial charge in [-0.15, -0.1) is 5.73 Å². The van der Waals surface area contributed by atoms with Crippen LogP contribution in [-0.4, -0.2) is 44.2 Å². The predicted octanol–water partition coefficient (Wildman–Crippen LogP) is -1.16. The fourth-order valence-corrected chi connectivity index (χ4v) is 2.12. The van der Waals surface area contributed by atoms with E-state index < -0.39 is 42.0 Å². The van der Waals surface area contributed by atoms with E-state index in [0.717, 1.165) is 22.9 Å². The number of nitrogens with zero attached hydrogens (tertiary/aromatic N) is 1. The first kappa shape index (κ1) is 14.4. The Morgan fingerprint density at radius 2 is 2.35 bits per heavy atom. The van der Waals surface area contributed by atoms with Gasteiger partial charge in [0, 0.05) is 18.3 Å². The zero-order chi connectivity index (χ0) is 14.9. The van der Waals surface area contributed by atoms with Gasteiger partial charge in [-0.2, -0.15) is 0 Å². The van der Waals surface area contributed by atoms with Crippen LogP contribution in [0.3, 0.4) is 0 Å². The number of H-pyrrole nitrogens is 1. The fraction of sp³-hybridized carbons (Fsp3) is 0.417. The van der Waals surface area contributed by atoms with Crippen LogP contribution >= 0.6 is 0 Å². The van der Waals surface area contributed by atoms with E-state index in [1.165, 1.54) is 0 Å². The molecule has 4 unspecified atom stereocenters. The Labute approximate surface area is 112 Å². The molecular formula is C12H13FN2O5. The van der Waals surface area contributed by atoms with Crippen LogP contribution in [0.5, 0.6) is 0 Å². The maximum absolute atomic E-state index is 14.9. The Morgan fingerprint density at radius 1 is 1.65 bits per heavy atom. The number of hydrogen-bond acceptors (Lipinski definition) is 5. The van der Waals surface area contributed by atoms with Gasteiger partial charge in [-0.3, -0.25) is 14.3 Å². The van der Waals surface area contributed by atoms with Gasteiger partial charge in [0.2, 0.25) is 5.67 Å². The van der Waals surface area contributed by atoms with Crippen molar-refractivity contribution in [3.8, 4) is 0 Å². The van der Waals surface area contributed by atoms with Crippen LogP contribution in [0.25, 0.3) is 0 Å². The number of aromatic nitrogens is 2. The highest BCUT2D eigenvalue weighted by Crippen LogP contribution is 2.41. The lowest BCUT2D eigenvalue weighted by molar-refractivity contribution is -0.0555. The van der Waals surface area contributed by atoms with Crippen LogP contribution < -0.4 is 11.2 Å². The van der Waals surface area contributed by atoms with Gasteiger partial charge in [0.05, 0.1) is 6.61 Å². The van der Waals surface area contributed by atoms with Crippen molar-refractivity contribution in [3.05, 3.63) is 51.5 Å². The largest absolute Gasteiger partial charge is 0.394 e. The van der Waals surface area contributed by atoms with Crippen LogP contribution in [0, 0.1) is 0 Å². The molecule has 7 nitrogen and oxygen atoms in total. The molecule has 1 aliphatic rings. The topological polar surface area (TPSA) is 105 Å². The number of aliphatic hydroxyl groups is 2. The van der Waals surface area contributed by atoms with Crippen molar-refractivity contribution in [2.45, 2.75) is 24.1 Å². The van der Waals surface area contributed by atoms with E-state index in [2.05, 4.69) is 12.3 Å². The first-order valence-corrected chi connectivity index (χ1v) is 5.75. The van der Waals surface area contributed by atoms with Crippen molar-refractivity contribution in [1.29, 1.82) is 0 Å². The smallest absolute Gasteiger partial charge is 0.330 e. The molecule has 0 aliphatic carbocycles. The van der Waals surface area contributed by atoms with Gasteiger partial charge in [0.25, 0.3) is 5.56 Å². The van der Waals surface area contributed by atoms with Crippen LogP contribution in [0.4, 0.5) is 4.39 Å². The number of alkyl halides is 1. The van der Waals surface area contributed by atoms with Crippen LogP contribution in [-0.2, 0) is 4.74 Å². The van der Waals surface area contributed by atoms with Crippen molar-refractivity contribution in [3.63, 3.8) is 0 Å². The van der Waals surface area contributed by atoms with E-state index >= 15 is 0 Å². The molecule has 0 saturated carbocycles. The second-order valence-corrected chi connectivity index (χ2v) is 4.35. The van der Waals surface area contributed by atoms with Crippen molar-refractivity contribution >= 4 is 0 Å². The molecule has 1 aromatic rings. The van der Waals surface area contributed by atoms with Gasteiger partial charge >= 0.3 is 5.69 Å². The third-order valence-corrected chi connectivity index (χ3v) is 3.09. The average molecular weight is 284 g/mol. The Bertz CT molecular complexity index is 662. The Balaban J connectivity index is 2.56. The second-order valence-electron chi connectivity index (χ2n) is 4.35. The minimum absolute atomic E-state index is 0.633. The zero-order valence-corrected chi connectivity index (χ0v) is 10.3. The van der Waals surface area contributed by atoms with Crippen molar-refractivity contribution in [2.24, 2.45) is 0 Å². The number of aromatic amines is 1. The van der Waals surface area contributed by atoms with Gasteiger partial charge in [0.15, 0.2) is 6.23 Å². The van der Waals surface area contributed by atoms with Crippen LogP contribution in [0.1, 0.15) is 6.23 Å². The SMILES string of the molecule is C=C=CC1(F)C(O)C(CO)OC1n1ccc(=O)[nH]c1=O. The molecule has 0 spiro atoms. The molecule has 1 saturated heterocycles. The lowest BCUT2D eigenvalue weighted by Crippen LogP contribution is -2.44. The average Bonchev–Trinajstić information content (AvgIpc) is 2.63. The number of ether oxygens (including phenoxy) is 1. The number of halogens is 1. The summed E-state index contributed by atoms with van der Waals surface area (Å²) >= 11 is 0. The van der Waals surface area contributed by atoms with Gasteiger partial charge in [-0.25, -0.2) is 9.18 Å². The van der Waals surface area contributed by atoms with Gasteiger partial charge < -0.3 is 14.9 Å². The van der Waals surface area contributed by atoms with E-state index in [4.69, 9.17) is 9.84 Å². The molecule has 1 fully saturated rings. The quantitative estimate of drug-likeness (QED) is 0.607. The maximum Gasteiger partial charge on any atom is 0.330 e. The molecule has 2 heterocycles. The number of nitrogens with one attached hydrogen (secondary N) is 1. The molecule has 20 heavy (non-hydrogen) atoms. The lowest BCUT2D eigenvalue weighted by Gasteiger charge is -2.25. The highest BCUT2D eigenvalue weighted by atomic mass is 19.1. The summed E-state index contributed by atoms with van der Waals surface area (Å²) in [4.78, 5) is 24.6. The molecule has 2 rings (SSSR count).